The first kappa shape index (κ1) is 10.7. The number of halogens is 1. The first-order valence-electron chi connectivity index (χ1n) is 6.09. The molecule has 2 rings (SSSR count). The van der Waals surface area contributed by atoms with Gasteiger partial charge in [-0.05, 0) is 48.4 Å². The summed E-state index contributed by atoms with van der Waals surface area (Å²) in [6, 6.07) is 5.36. The molecule has 0 aromatic heterocycles. The van der Waals surface area contributed by atoms with Gasteiger partial charge in [-0.15, -0.1) is 0 Å². The Morgan fingerprint density at radius 2 is 2.00 bits per heavy atom. The number of aryl methyl sites for hydroxylation is 1. The highest BCUT2D eigenvalue weighted by Crippen LogP contribution is 2.36. The average Bonchev–Trinajstić information content (AvgIpc) is 2.71. The first-order chi connectivity index (χ1) is 7.31. The van der Waals surface area contributed by atoms with Gasteiger partial charge in [0.25, 0.3) is 0 Å². The van der Waals surface area contributed by atoms with Crippen LogP contribution >= 0.6 is 0 Å². The Bertz CT molecular complexity index is 324. The maximum atomic E-state index is 13.2. The first-order valence-corrected chi connectivity index (χ1v) is 6.09. The van der Waals surface area contributed by atoms with Crippen molar-refractivity contribution in [1.29, 1.82) is 0 Å². The lowest BCUT2D eigenvalue weighted by Crippen LogP contribution is -1.99. The molecule has 0 N–H and O–H groups in total. The lowest BCUT2D eigenvalue weighted by atomic mass is 9.91. The van der Waals surface area contributed by atoms with Gasteiger partial charge < -0.3 is 0 Å². The second kappa shape index (κ2) is 4.78. The molecule has 1 aromatic rings. The van der Waals surface area contributed by atoms with Crippen LogP contribution in [0.4, 0.5) is 4.39 Å². The third-order valence-corrected chi connectivity index (χ3v) is 3.42. The van der Waals surface area contributed by atoms with Crippen LogP contribution in [0.3, 0.4) is 0 Å². The Morgan fingerprint density at radius 1 is 1.27 bits per heavy atom. The zero-order valence-electron chi connectivity index (χ0n) is 9.43. The van der Waals surface area contributed by atoms with E-state index in [1.54, 1.807) is 12.1 Å². The second-order valence-electron chi connectivity index (χ2n) is 4.57. The van der Waals surface area contributed by atoms with Gasteiger partial charge in [0.2, 0.25) is 0 Å². The number of benzene rings is 1. The van der Waals surface area contributed by atoms with Gasteiger partial charge in [-0.3, -0.25) is 0 Å². The van der Waals surface area contributed by atoms with E-state index < -0.39 is 0 Å². The van der Waals surface area contributed by atoms with Crippen molar-refractivity contribution in [2.75, 3.05) is 0 Å². The van der Waals surface area contributed by atoms with E-state index in [2.05, 4.69) is 6.92 Å². The highest BCUT2D eigenvalue weighted by Gasteiger charge is 2.19. The molecule has 15 heavy (non-hydrogen) atoms. The van der Waals surface area contributed by atoms with Crippen molar-refractivity contribution >= 4 is 0 Å². The van der Waals surface area contributed by atoms with Gasteiger partial charge in [-0.25, -0.2) is 4.39 Å². The molecule has 1 aliphatic rings. The predicted octanol–water partition coefficient (Wildman–Crippen LogP) is 4.44. The molecule has 0 spiro atoms. The lowest BCUT2D eigenvalue weighted by Gasteiger charge is -2.15. The van der Waals surface area contributed by atoms with Crippen LogP contribution in [0.1, 0.15) is 56.1 Å². The number of hydrogen-bond acceptors (Lipinski definition) is 0. The molecular formula is C14H19F. The molecule has 1 fully saturated rings. The fourth-order valence-electron chi connectivity index (χ4n) is 2.70. The van der Waals surface area contributed by atoms with E-state index in [1.165, 1.54) is 36.8 Å². The molecule has 0 unspecified atom stereocenters. The summed E-state index contributed by atoms with van der Waals surface area (Å²) in [5, 5.41) is 0. The average molecular weight is 206 g/mol. The van der Waals surface area contributed by atoms with Crippen molar-refractivity contribution in [2.45, 2.75) is 51.4 Å². The van der Waals surface area contributed by atoms with E-state index in [0.29, 0.717) is 5.92 Å². The largest absolute Gasteiger partial charge is 0.207 e. The third kappa shape index (κ3) is 2.39. The monoisotopic (exact) mass is 206 g/mol. The minimum absolute atomic E-state index is 0.0832. The van der Waals surface area contributed by atoms with Gasteiger partial charge >= 0.3 is 0 Å². The van der Waals surface area contributed by atoms with E-state index in [0.717, 1.165) is 12.8 Å². The van der Waals surface area contributed by atoms with Gasteiger partial charge in [-0.2, -0.15) is 0 Å². The van der Waals surface area contributed by atoms with E-state index in [4.69, 9.17) is 0 Å². The summed E-state index contributed by atoms with van der Waals surface area (Å²) in [5.41, 5.74) is 2.65. The summed E-state index contributed by atoms with van der Waals surface area (Å²) >= 11 is 0. The summed E-state index contributed by atoms with van der Waals surface area (Å²) in [6.45, 7) is 2.16. The van der Waals surface area contributed by atoms with Crippen molar-refractivity contribution < 1.29 is 4.39 Å². The third-order valence-electron chi connectivity index (χ3n) is 3.42. The van der Waals surface area contributed by atoms with Crippen molar-refractivity contribution in [3.05, 3.63) is 35.1 Å². The van der Waals surface area contributed by atoms with Gasteiger partial charge in [0.1, 0.15) is 5.82 Å². The standard InChI is InChI=1S/C14H19F/c1-2-5-12-10-13(15)8-9-14(12)11-6-3-4-7-11/h8-11H,2-7H2,1H3. The molecule has 0 nitrogen and oxygen atoms in total. The van der Waals surface area contributed by atoms with Crippen molar-refractivity contribution in [3.8, 4) is 0 Å². The Balaban J connectivity index is 2.27. The van der Waals surface area contributed by atoms with Crippen molar-refractivity contribution in [3.63, 3.8) is 0 Å². The van der Waals surface area contributed by atoms with Gasteiger partial charge in [0, 0.05) is 0 Å². The van der Waals surface area contributed by atoms with Crippen LogP contribution in [-0.4, -0.2) is 0 Å². The molecule has 82 valence electrons. The lowest BCUT2D eigenvalue weighted by molar-refractivity contribution is 0.619. The molecule has 1 aliphatic carbocycles. The molecule has 1 saturated carbocycles. The molecule has 0 aliphatic heterocycles. The normalized spacial score (nSPS) is 17.2. The summed E-state index contributed by atoms with van der Waals surface area (Å²) < 4.78 is 13.2. The Labute approximate surface area is 91.5 Å². The highest BCUT2D eigenvalue weighted by molar-refractivity contribution is 5.31. The van der Waals surface area contributed by atoms with E-state index in [1.807, 2.05) is 6.07 Å². The van der Waals surface area contributed by atoms with Gasteiger partial charge in [0.05, 0.1) is 0 Å². The topological polar surface area (TPSA) is 0 Å². The summed E-state index contributed by atoms with van der Waals surface area (Å²) in [6.07, 6.45) is 7.39. The highest BCUT2D eigenvalue weighted by atomic mass is 19.1. The van der Waals surface area contributed by atoms with Crippen molar-refractivity contribution in [1.82, 2.24) is 0 Å². The number of hydrogen-bond donors (Lipinski definition) is 0. The Morgan fingerprint density at radius 3 is 2.67 bits per heavy atom. The minimum Gasteiger partial charge on any atom is -0.207 e. The SMILES string of the molecule is CCCc1cc(F)ccc1C1CCCC1. The zero-order chi connectivity index (χ0) is 10.7. The second-order valence-corrected chi connectivity index (χ2v) is 4.57. The van der Waals surface area contributed by atoms with E-state index in [-0.39, 0.29) is 5.82 Å². The zero-order valence-corrected chi connectivity index (χ0v) is 9.43. The van der Waals surface area contributed by atoms with Crippen molar-refractivity contribution in [2.24, 2.45) is 0 Å². The summed E-state index contributed by atoms with van der Waals surface area (Å²) in [5.74, 6) is 0.618. The van der Waals surface area contributed by atoms with Crippen LogP contribution in [0.15, 0.2) is 18.2 Å². The van der Waals surface area contributed by atoms with E-state index in [9.17, 15) is 4.39 Å². The quantitative estimate of drug-likeness (QED) is 0.686. The predicted molar refractivity (Wildman–Crippen MR) is 61.6 cm³/mol. The molecule has 0 bridgehead atoms. The minimum atomic E-state index is -0.0832. The molecule has 1 aromatic carbocycles. The fraction of sp³-hybridized carbons (Fsp3) is 0.571. The molecule has 1 heteroatoms. The van der Waals surface area contributed by atoms with Crippen LogP contribution in [0.25, 0.3) is 0 Å². The van der Waals surface area contributed by atoms with Gasteiger partial charge in [-0.1, -0.05) is 32.3 Å². The molecule has 0 heterocycles. The molecule has 0 atom stereocenters. The van der Waals surface area contributed by atoms with Crippen LogP contribution in [-0.2, 0) is 6.42 Å². The smallest absolute Gasteiger partial charge is 0.123 e. The maximum Gasteiger partial charge on any atom is 0.123 e. The Hall–Kier alpha value is -0.850. The maximum absolute atomic E-state index is 13.2. The molecule has 0 amide bonds. The fourth-order valence-corrected chi connectivity index (χ4v) is 2.70. The molecular weight excluding hydrogens is 187 g/mol. The van der Waals surface area contributed by atoms with Crippen LogP contribution in [0, 0.1) is 5.82 Å². The number of rotatable bonds is 3. The molecule has 0 saturated heterocycles. The van der Waals surface area contributed by atoms with E-state index >= 15 is 0 Å². The Kier molecular flexibility index (Phi) is 3.40. The van der Waals surface area contributed by atoms with Crippen LogP contribution in [0.2, 0.25) is 0 Å². The summed E-state index contributed by atoms with van der Waals surface area (Å²) in [4.78, 5) is 0. The summed E-state index contributed by atoms with van der Waals surface area (Å²) in [7, 11) is 0. The van der Waals surface area contributed by atoms with Crippen LogP contribution < -0.4 is 0 Å². The molecule has 0 radical (unpaired) electrons. The van der Waals surface area contributed by atoms with Crippen LogP contribution in [0.5, 0.6) is 0 Å². The van der Waals surface area contributed by atoms with Gasteiger partial charge in [0.15, 0.2) is 0 Å².